The van der Waals surface area contributed by atoms with Crippen LogP contribution in [0.1, 0.15) is 43.7 Å². The van der Waals surface area contributed by atoms with Gasteiger partial charge in [-0.25, -0.2) is 0 Å². The molecule has 0 saturated heterocycles. The zero-order valence-electron chi connectivity index (χ0n) is 10.6. The molecule has 0 aliphatic heterocycles. The number of ether oxygens (including phenoxy) is 1. The van der Waals surface area contributed by atoms with Gasteiger partial charge in [-0.2, -0.15) is 0 Å². The molecule has 1 saturated carbocycles. The Morgan fingerprint density at radius 2 is 2.00 bits per heavy atom. The van der Waals surface area contributed by atoms with Crippen molar-refractivity contribution in [2.45, 2.75) is 44.6 Å². The van der Waals surface area contributed by atoms with E-state index < -0.39 is 0 Å². The maximum Gasteiger partial charge on any atom is 0.137 e. The van der Waals surface area contributed by atoms with Gasteiger partial charge in [0.2, 0.25) is 0 Å². The minimum atomic E-state index is -0.179. The zero-order valence-corrected chi connectivity index (χ0v) is 11.3. The van der Waals surface area contributed by atoms with E-state index in [9.17, 15) is 0 Å². The first-order valence-electron chi connectivity index (χ1n) is 6.26. The third-order valence-electron chi connectivity index (χ3n) is 3.79. The lowest BCUT2D eigenvalue weighted by molar-refractivity contribution is 0.412. The van der Waals surface area contributed by atoms with Gasteiger partial charge in [-0.15, -0.1) is 0 Å². The van der Waals surface area contributed by atoms with Gasteiger partial charge in [0.15, 0.2) is 0 Å². The highest BCUT2D eigenvalue weighted by molar-refractivity contribution is 6.32. The fourth-order valence-corrected chi connectivity index (χ4v) is 3.02. The molecule has 0 bridgehead atoms. The van der Waals surface area contributed by atoms with Crippen molar-refractivity contribution in [1.29, 1.82) is 0 Å². The number of benzene rings is 1. The third kappa shape index (κ3) is 2.29. The number of methoxy groups -OCH3 is 1. The minimum Gasteiger partial charge on any atom is -0.495 e. The number of rotatable bonds is 3. The third-order valence-corrected chi connectivity index (χ3v) is 4.09. The summed E-state index contributed by atoms with van der Waals surface area (Å²) in [7, 11) is 1.65. The molecule has 0 radical (unpaired) electrons. The Bertz CT molecular complexity index is 411. The lowest BCUT2D eigenvalue weighted by atomic mass is 9.85. The van der Waals surface area contributed by atoms with Crippen molar-refractivity contribution >= 4 is 11.6 Å². The molecular formula is C14H20ClNO. The van der Waals surface area contributed by atoms with Gasteiger partial charge >= 0.3 is 0 Å². The van der Waals surface area contributed by atoms with Crippen LogP contribution in [0.15, 0.2) is 12.1 Å². The van der Waals surface area contributed by atoms with Crippen LogP contribution in [0.4, 0.5) is 0 Å². The highest BCUT2D eigenvalue weighted by atomic mass is 35.5. The molecule has 17 heavy (non-hydrogen) atoms. The molecule has 1 aromatic carbocycles. The Hall–Kier alpha value is -0.730. The van der Waals surface area contributed by atoms with Crippen LogP contribution in [-0.4, -0.2) is 7.11 Å². The maximum atomic E-state index is 6.52. The lowest BCUT2D eigenvalue weighted by Crippen LogP contribution is -2.34. The molecule has 1 aromatic rings. The molecule has 0 amide bonds. The van der Waals surface area contributed by atoms with Gasteiger partial charge in [-0.3, -0.25) is 0 Å². The summed E-state index contributed by atoms with van der Waals surface area (Å²) < 4.78 is 5.27. The number of hydrogen-bond donors (Lipinski definition) is 1. The average molecular weight is 254 g/mol. The van der Waals surface area contributed by atoms with Gasteiger partial charge in [-0.1, -0.05) is 31.4 Å². The molecule has 0 unspecified atom stereocenters. The van der Waals surface area contributed by atoms with Crippen LogP contribution in [0, 0.1) is 0 Å². The van der Waals surface area contributed by atoms with E-state index in [1.54, 1.807) is 7.11 Å². The predicted octanol–water partition coefficient (Wildman–Crippen LogP) is 3.64. The van der Waals surface area contributed by atoms with Crippen molar-refractivity contribution in [3.63, 3.8) is 0 Å². The van der Waals surface area contributed by atoms with E-state index in [0.29, 0.717) is 5.02 Å². The van der Waals surface area contributed by atoms with Crippen molar-refractivity contribution < 1.29 is 4.74 Å². The second-order valence-electron chi connectivity index (χ2n) is 4.86. The molecule has 2 N–H and O–H groups in total. The van der Waals surface area contributed by atoms with E-state index in [2.05, 4.69) is 6.92 Å². The Morgan fingerprint density at radius 3 is 2.53 bits per heavy atom. The summed E-state index contributed by atoms with van der Waals surface area (Å²) in [5.74, 6) is 0.744. The summed E-state index contributed by atoms with van der Waals surface area (Å²) in [6.07, 6.45) is 5.50. The van der Waals surface area contributed by atoms with Crippen LogP contribution in [0.3, 0.4) is 0 Å². The molecule has 0 spiro atoms. The van der Waals surface area contributed by atoms with Gasteiger partial charge in [0.1, 0.15) is 5.75 Å². The van der Waals surface area contributed by atoms with E-state index >= 15 is 0 Å². The fraction of sp³-hybridized carbons (Fsp3) is 0.571. The molecule has 3 heteroatoms. The Morgan fingerprint density at radius 1 is 1.35 bits per heavy atom. The first-order valence-corrected chi connectivity index (χ1v) is 6.64. The fourth-order valence-electron chi connectivity index (χ4n) is 2.78. The van der Waals surface area contributed by atoms with E-state index in [0.717, 1.165) is 25.0 Å². The van der Waals surface area contributed by atoms with Crippen LogP contribution in [0.25, 0.3) is 0 Å². The average Bonchev–Trinajstić information content (AvgIpc) is 2.77. The van der Waals surface area contributed by atoms with Crippen molar-refractivity contribution in [3.05, 3.63) is 28.3 Å². The Kier molecular flexibility index (Phi) is 3.64. The molecule has 2 nitrogen and oxygen atoms in total. The van der Waals surface area contributed by atoms with Crippen LogP contribution >= 0.6 is 11.6 Å². The van der Waals surface area contributed by atoms with Crippen molar-refractivity contribution in [2.75, 3.05) is 7.11 Å². The largest absolute Gasteiger partial charge is 0.495 e. The topological polar surface area (TPSA) is 35.2 Å². The highest BCUT2D eigenvalue weighted by Gasteiger charge is 2.33. The number of nitrogens with two attached hydrogens (primary N) is 1. The summed E-state index contributed by atoms with van der Waals surface area (Å²) in [5, 5.41) is 0.663. The first-order chi connectivity index (χ1) is 8.10. The molecule has 1 fully saturated rings. The molecular weight excluding hydrogens is 234 g/mol. The SMILES string of the molecule is CCc1cc(OC)c(Cl)cc1C1(N)CCCC1. The van der Waals surface area contributed by atoms with Gasteiger partial charge in [0, 0.05) is 5.54 Å². The Labute approximate surface area is 108 Å². The summed E-state index contributed by atoms with van der Waals surface area (Å²) in [4.78, 5) is 0. The second kappa shape index (κ2) is 4.87. The van der Waals surface area contributed by atoms with Gasteiger partial charge in [-0.05, 0) is 42.5 Å². The van der Waals surface area contributed by atoms with Crippen LogP contribution in [0.2, 0.25) is 5.02 Å². The smallest absolute Gasteiger partial charge is 0.137 e. The second-order valence-corrected chi connectivity index (χ2v) is 5.27. The van der Waals surface area contributed by atoms with Crippen molar-refractivity contribution in [2.24, 2.45) is 5.73 Å². The van der Waals surface area contributed by atoms with Gasteiger partial charge in [0.05, 0.1) is 12.1 Å². The molecule has 0 heterocycles. The number of hydrogen-bond acceptors (Lipinski definition) is 2. The lowest BCUT2D eigenvalue weighted by Gasteiger charge is -2.27. The van der Waals surface area contributed by atoms with E-state index in [1.165, 1.54) is 24.0 Å². The predicted molar refractivity (Wildman–Crippen MR) is 71.7 cm³/mol. The normalized spacial score (nSPS) is 18.4. The summed E-state index contributed by atoms with van der Waals surface area (Å²) >= 11 is 6.22. The Balaban J connectivity index is 2.49. The molecule has 0 aromatic heterocycles. The van der Waals surface area contributed by atoms with Crippen LogP contribution < -0.4 is 10.5 Å². The molecule has 94 valence electrons. The first kappa shape index (κ1) is 12.7. The van der Waals surface area contributed by atoms with Crippen molar-refractivity contribution in [1.82, 2.24) is 0 Å². The molecule has 2 rings (SSSR count). The monoisotopic (exact) mass is 253 g/mol. The quantitative estimate of drug-likeness (QED) is 0.893. The molecule has 0 atom stereocenters. The maximum absolute atomic E-state index is 6.52. The van der Waals surface area contributed by atoms with Gasteiger partial charge < -0.3 is 10.5 Å². The van der Waals surface area contributed by atoms with Crippen molar-refractivity contribution in [3.8, 4) is 5.75 Å². The molecule has 1 aliphatic carbocycles. The van der Waals surface area contributed by atoms with Gasteiger partial charge in [0.25, 0.3) is 0 Å². The van der Waals surface area contributed by atoms with E-state index in [1.807, 2.05) is 12.1 Å². The zero-order chi connectivity index (χ0) is 12.5. The van der Waals surface area contributed by atoms with Crippen LogP contribution in [-0.2, 0) is 12.0 Å². The summed E-state index contributed by atoms with van der Waals surface area (Å²) in [5.41, 5.74) is 8.81. The number of aryl methyl sites for hydroxylation is 1. The van der Waals surface area contributed by atoms with E-state index in [4.69, 9.17) is 22.1 Å². The van der Waals surface area contributed by atoms with E-state index in [-0.39, 0.29) is 5.54 Å². The summed E-state index contributed by atoms with van der Waals surface area (Å²) in [6, 6.07) is 4.04. The number of halogens is 1. The minimum absolute atomic E-state index is 0.179. The standard InChI is InChI=1S/C14H20ClNO/c1-3-10-8-13(17-2)12(15)9-11(10)14(16)6-4-5-7-14/h8-9H,3-7,16H2,1-2H3. The molecule has 1 aliphatic rings. The summed E-state index contributed by atoms with van der Waals surface area (Å²) in [6.45, 7) is 2.14. The van der Waals surface area contributed by atoms with Crippen LogP contribution in [0.5, 0.6) is 5.75 Å². The highest BCUT2D eigenvalue weighted by Crippen LogP contribution is 2.41.